The number of amides is 2. The van der Waals surface area contributed by atoms with E-state index >= 15 is 0 Å². The highest BCUT2D eigenvalue weighted by molar-refractivity contribution is 5.97. The maximum atomic E-state index is 12.9. The van der Waals surface area contributed by atoms with Crippen molar-refractivity contribution in [2.45, 2.75) is 51.7 Å². The minimum absolute atomic E-state index is 0.0116. The van der Waals surface area contributed by atoms with Crippen LogP contribution < -0.4 is 9.47 Å². The van der Waals surface area contributed by atoms with E-state index < -0.39 is 0 Å². The molecule has 0 aromatic heterocycles. The van der Waals surface area contributed by atoms with Crippen LogP contribution in [0.15, 0.2) is 18.2 Å². The molecule has 0 spiro atoms. The molecular weight excluding hydrogens is 344 g/mol. The van der Waals surface area contributed by atoms with Gasteiger partial charge in [0.15, 0.2) is 0 Å². The van der Waals surface area contributed by atoms with Gasteiger partial charge in [-0.25, -0.2) is 0 Å². The lowest BCUT2D eigenvalue weighted by molar-refractivity contribution is -0.134. The summed E-state index contributed by atoms with van der Waals surface area (Å²) in [6.07, 6.45) is 3.67. The fourth-order valence-corrected chi connectivity index (χ4v) is 3.29. The van der Waals surface area contributed by atoms with Crippen LogP contribution in [0.5, 0.6) is 11.5 Å². The van der Waals surface area contributed by atoms with Gasteiger partial charge >= 0.3 is 0 Å². The second-order valence-electron chi connectivity index (χ2n) is 7.79. The van der Waals surface area contributed by atoms with Gasteiger partial charge < -0.3 is 19.3 Å². The third-order valence-corrected chi connectivity index (χ3v) is 5.49. The molecule has 3 rings (SSSR count). The third-order valence-electron chi connectivity index (χ3n) is 5.49. The van der Waals surface area contributed by atoms with Crippen LogP contribution in [0.1, 0.15) is 49.9 Å². The van der Waals surface area contributed by atoms with Gasteiger partial charge in [-0.2, -0.15) is 0 Å². The smallest absolute Gasteiger partial charge is 0.257 e. The Morgan fingerprint density at radius 2 is 1.81 bits per heavy atom. The molecule has 2 aliphatic rings. The van der Waals surface area contributed by atoms with Crippen molar-refractivity contribution < 1.29 is 19.1 Å². The zero-order valence-electron chi connectivity index (χ0n) is 16.7. The van der Waals surface area contributed by atoms with Gasteiger partial charge in [0.1, 0.15) is 17.6 Å². The Bertz CT molecular complexity index is 691. The molecule has 2 amide bonds. The minimum atomic E-state index is -0.0831. The van der Waals surface area contributed by atoms with Crippen LogP contribution in [0.25, 0.3) is 0 Å². The first-order chi connectivity index (χ1) is 12.9. The summed E-state index contributed by atoms with van der Waals surface area (Å²) in [7, 11) is 3.38. The van der Waals surface area contributed by atoms with Gasteiger partial charge in [-0.05, 0) is 44.9 Å². The topological polar surface area (TPSA) is 59.1 Å². The molecule has 1 aliphatic carbocycles. The molecule has 0 bridgehead atoms. The number of hydrogen-bond donors (Lipinski definition) is 0. The zero-order chi connectivity index (χ0) is 19.6. The molecule has 2 fully saturated rings. The number of carbonyl (C=O) groups excluding carboxylic acids is 2. The predicted octanol–water partition coefficient (Wildman–Crippen LogP) is 2.96. The molecule has 6 heteroatoms. The highest BCUT2D eigenvalue weighted by Crippen LogP contribution is 2.33. The fraction of sp³-hybridized carbons (Fsp3) is 0.619. The molecule has 148 valence electrons. The monoisotopic (exact) mass is 374 g/mol. The predicted molar refractivity (Wildman–Crippen MR) is 103 cm³/mol. The van der Waals surface area contributed by atoms with Gasteiger partial charge in [-0.15, -0.1) is 0 Å². The molecule has 1 aliphatic heterocycles. The lowest BCUT2D eigenvalue weighted by Crippen LogP contribution is -2.42. The van der Waals surface area contributed by atoms with Crippen molar-refractivity contribution in [1.29, 1.82) is 0 Å². The largest absolute Gasteiger partial charge is 0.497 e. The lowest BCUT2D eigenvalue weighted by Gasteiger charge is -2.33. The number of nitrogens with zero attached hydrogens (tertiary/aromatic N) is 2. The second kappa shape index (κ2) is 8.19. The van der Waals surface area contributed by atoms with E-state index in [2.05, 4.69) is 0 Å². The van der Waals surface area contributed by atoms with Crippen LogP contribution in [0, 0.1) is 5.92 Å². The maximum absolute atomic E-state index is 12.9. The number of carbonyl (C=O) groups is 2. The summed E-state index contributed by atoms with van der Waals surface area (Å²) in [5.74, 6) is 1.69. The number of piperidine rings is 1. The van der Waals surface area contributed by atoms with Gasteiger partial charge in [0, 0.05) is 44.9 Å². The van der Waals surface area contributed by atoms with Crippen molar-refractivity contribution in [2.24, 2.45) is 5.92 Å². The molecule has 0 radical (unpaired) electrons. The molecule has 1 aromatic rings. The summed E-state index contributed by atoms with van der Waals surface area (Å²) in [5, 5.41) is 0. The van der Waals surface area contributed by atoms with E-state index in [4.69, 9.17) is 9.47 Å². The zero-order valence-corrected chi connectivity index (χ0v) is 16.7. The summed E-state index contributed by atoms with van der Waals surface area (Å²) in [6, 6.07) is 5.45. The molecule has 1 aromatic carbocycles. The van der Waals surface area contributed by atoms with E-state index in [1.54, 1.807) is 25.1 Å². The summed E-state index contributed by atoms with van der Waals surface area (Å²) in [6.45, 7) is 5.41. The summed E-state index contributed by atoms with van der Waals surface area (Å²) < 4.78 is 11.5. The van der Waals surface area contributed by atoms with Crippen LogP contribution in [0.3, 0.4) is 0 Å². The summed E-state index contributed by atoms with van der Waals surface area (Å²) in [4.78, 5) is 28.7. The average molecular weight is 374 g/mol. The Balaban J connectivity index is 1.69. The van der Waals surface area contributed by atoms with E-state index in [9.17, 15) is 9.59 Å². The first-order valence-corrected chi connectivity index (χ1v) is 9.81. The molecule has 0 N–H and O–H groups in total. The van der Waals surface area contributed by atoms with Gasteiger partial charge in [0.05, 0.1) is 12.7 Å². The van der Waals surface area contributed by atoms with Crippen LogP contribution in [-0.2, 0) is 4.79 Å². The molecule has 27 heavy (non-hydrogen) atoms. The molecular formula is C21H30N2O4. The van der Waals surface area contributed by atoms with Crippen molar-refractivity contribution in [3.63, 3.8) is 0 Å². The molecule has 1 saturated heterocycles. The van der Waals surface area contributed by atoms with E-state index in [0.29, 0.717) is 23.0 Å². The number of likely N-dealkylation sites (tertiary alicyclic amines) is 1. The van der Waals surface area contributed by atoms with Crippen LogP contribution >= 0.6 is 0 Å². The van der Waals surface area contributed by atoms with Crippen molar-refractivity contribution in [3.8, 4) is 11.5 Å². The van der Waals surface area contributed by atoms with Crippen molar-refractivity contribution >= 4 is 11.8 Å². The van der Waals surface area contributed by atoms with Gasteiger partial charge in [0.2, 0.25) is 5.91 Å². The summed E-state index contributed by atoms with van der Waals surface area (Å²) in [5.41, 5.74) is 0.516. The molecule has 0 unspecified atom stereocenters. The number of methoxy groups -OCH3 is 1. The SMILES string of the molecule is COc1ccc(OC2CCN(C(=O)C3CC3)CC2)c(C(=O)N(C)C(C)C)c1. The standard InChI is InChI=1S/C21H30N2O4/c1-14(2)22(3)21(25)18-13-17(26-4)7-8-19(18)27-16-9-11-23(12-10-16)20(24)15-5-6-15/h7-8,13-16H,5-6,9-12H2,1-4H3. The number of benzene rings is 1. The Labute approximate surface area is 161 Å². The Morgan fingerprint density at radius 3 is 2.37 bits per heavy atom. The van der Waals surface area contributed by atoms with Crippen molar-refractivity contribution in [2.75, 3.05) is 27.2 Å². The van der Waals surface area contributed by atoms with Gasteiger partial charge in [-0.3, -0.25) is 9.59 Å². The Kier molecular flexibility index (Phi) is 5.92. The summed E-state index contributed by atoms with van der Waals surface area (Å²) >= 11 is 0. The maximum Gasteiger partial charge on any atom is 0.257 e. The normalized spacial score (nSPS) is 17.7. The second-order valence-corrected chi connectivity index (χ2v) is 7.79. The van der Waals surface area contributed by atoms with E-state index in [1.165, 1.54) is 0 Å². The molecule has 1 heterocycles. The average Bonchev–Trinajstić information content (AvgIpc) is 3.52. The highest BCUT2D eigenvalue weighted by atomic mass is 16.5. The number of hydrogen-bond acceptors (Lipinski definition) is 4. The molecule has 6 nitrogen and oxygen atoms in total. The van der Waals surface area contributed by atoms with E-state index in [0.717, 1.165) is 38.8 Å². The highest BCUT2D eigenvalue weighted by Gasteiger charge is 2.35. The molecule has 0 atom stereocenters. The van der Waals surface area contributed by atoms with Crippen LogP contribution in [-0.4, -0.2) is 61.0 Å². The third kappa shape index (κ3) is 4.54. The van der Waals surface area contributed by atoms with Gasteiger partial charge in [-0.1, -0.05) is 0 Å². The van der Waals surface area contributed by atoms with Crippen molar-refractivity contribution in [1.82, 2.24) is 9.80 Å². The first-order valence-electron chi connectivity index (χ1n) is 9.81. The van der Waals surface area contributed by atoms with E-state index in [1.807, 2.05) is 30.9 Å². The molecule has 1 saturated carbocycles. The van der Waals surface area contributed by atoms with E-state index in [-0.39, 0.29) is 24.0 Å². The van der Waals surface area contributed by atoms with Crippen LogP contribution in [0.4, 0.5) is 0 Å². The Hall–Kier alpha value is -2.24. The number of ether oxygens (including phenoxy) is 2. The quantitative estimate of drug-likeness (QED) is 0.768. The fourth-order valence-electron chi connectivity index (χ4n) is 3.29. The van der Waals surface area contributed by atoms with Gasteiger partial charge in [0.25, 0.3) is 5.91 Å². The minimum Gasteiger partial charge on any atom is -0.497 e. The lowest BCUT2D eigenvalue weighted by atomic mass is 10.1. The first kappa shape index (κ1) is 19.5. The Morgan fingerprint density at radius 1 is 1.15 bits per heavy atom. The van der Waals surface area contributed by atoms with Crippen LogP contribution in [0.2, 0.25) is 0 Å². The van der Waals surface area contributed by atoms with Crippen molar-refractivity contribution in [3.05, 3.63) is 23.8 Å². The number of rotatable bonds is 6.